The van der Waals surface area contributed by atoms with Crippen LogP contribution >= 0.6 is 0 Å². The van der Waals surface area contributed by atoms with Gasteiger partial charge in [0.2, 0.25) is 0 Å². The fourth-order valence-corrected chi connectivity index (χ4v) is 2.13. The Kier molecular flexibility index (Phi) is 7.09. The van der Waals surface area contributed by atoms with Gasteiger partial charge in [-0.25, -0.2) is 4.79 Å². The summed E-state index contributed by atoms with van der Waals surface area (Å²) in [6, 6.07) is 6.76. The van der Waals surface area contributed by atoms with Gasteiger partial charge in [-0.15, -0.1) is 0 Å². The second-order valence-electron chi connectivity index (χ2n) is 5.29. The topological polar surface area (TPSA) is 49.8 Å². The van der Waals surface area contributed by atoms with E-state index in [0.29, 0.717) is 18.3 Å². The minimum absolute atomic E-state index is 0.224. The number of carboxylic acid groups (broad SMARTS) is 1. The van der Waals surface area contributed by atoms with Gasteiger partial charge in [-0.2, -0.15) is 0 Å². The van der Waals surface area contributed by atoms with E-state index in [1.807, 2.05) is 0 Å². The first kappa shape index (κ1) is 16.5. The molecule has 1 rings (SSSR count). The predicted octanol–water partition coefficient (Wildman–Crippen LogP) is 3.13. The summed E-state index contributed by atoms with van der Waals surface area (Å²) in [4.78, 5) is 13.4. The first-order valence-corrected chi connectivity index (χ1v) is 7.22. The predicted molar refractivity (Wildman–Crippen MR) is 80.5 cm³/mol. The standard InChI is InChI=1S/C16H25NO3/c1-4-17(12-13(2)3)10-7-11-20-15-9-6-5-8-14(15)16(18)19/h5-6,8-9,13H,4,7,10-12H2,1-3H3,(H,18,19). The molecule has 0 bridgehead atoms. The zero-order valence-corrected chi connectivity index (χ0v) is 12.6. The minimum Gasteiger partial charge on any atom is -0.493 e. The highest BCUT2D eigenvalue weighted by molar-refractivity contribution is 5.90. The Morgan fingerprint density at radius 1 is 1.35 bits per heavy atom. The van der Waals surface area contributed by atoms with Gasteiger partial charge < -0.3 is 14.7 Å². The summed E-state index contributed by atoms with van der Waals surface area (Å²) in [6.07, 6.45) is 0.897. The van der Waals surface area contributed by atoms with Crippen molar-refractivity contribution >= 4 is 5.97 Å². The van der Waals surface area contributed by atoms with Crippen LogP contribution in [0.2, 0.25) is 0 Å². The highest BCUT2D eigenvalue weighted by Crippen LogP contribution is 2.17. The van der Waals surface area contributed by atoms with E-state index in [9.17, 15) is 4.79 Å². The zero-order valence-electron chi connectivity index (χ0n) is 12.6. The zero-order chi connectivity index (χ0) is 15.0. The Morgan fingerprint density at radius 2 is 2.05 bits per heavy atom. The van der Waals surface area contributed by atoms with Crippen molar-refractivity contribution in [3.05, 3.63) is 29.8 Å². The molecule has 1 aromatic carbocycles. The highest BCUT2D eigenvalue weighted by atomic mass is 16.5. The Hall–Kier alpha value is -1.55. The lowest BCUT2D eigenvalue weighted by atomic mass is 10.2. The summed E-state index contributed by atoms with van der Waals surface area (Å²) in [5.41, 5.74) is 0.224. The van der Waals surface area contributed by atoms with Gasteiger partial charge in [0.05, 0.1) is 6.61 Å². The van der Waals surface area contributed by atoms with Crippen molar-refractivity contribution in [1.29, 1.82) is 0 Å². The number of para-hydroxylation sites is 1. The van der Waals surface area contributed by atoms with Crippen LogP contribution < -0.4 is 4.74 Å². The van der Waals surface area contributed by atoms with Crippen LogP contribution in [0.25, 0.3) is 0 Å². The molecule has 0 aliphatic heterocycles. The van der Waals surface area contributed by atoms with E-state index in [0.717, 1.165) is 26.1 Å². The van der Waals surface area contributed by atoms with E-state index in [4.69, 9.17) is 9.84 Å². The molecule has 0 spiro atoms. The van der Waals surface area contributed by atoms with Crippen LogP contribution in [0.3, 0.4) is 0 Å². The average Bonchev–Trinajstić information content (AvgIpc) is 2.42. The van der Waals surface area contributed by atoms with Crippen molar-refractivity contribution in [2.24, 2.45) is 5.92 Å². The van der Waals surface area contributed by atoms with Crippen LogP contribution in [0.5, 0.6) is 5.75 Å². The van der Waals surface area contributed by atoms with Crippen LogP contribution in [0.15, 0.2) is 24.3 Å². The average molecular weight is 279 g/mol. The molecule has 0 aliphatic rings. The molecule has 0 heterocycles. The number of hydrogen-bond acceptors (Lipinski definition) is 3. The summed E-state index contributed by atoms with van der Waals surface area (Å²) in [6.45, 7) is 10.2. The fourth-order valence-electron chi connectivity index (χ4n) is 2.13. The molecule has 4 nitrogen and oxygen atoms in total. The maximum absolute atomic E-state index is 11.0. The van der Waals surface area contributed by atoms with E-state index >= 15 is 0 Å². The number of carboxylic acids is 1. The molecule has 20 heavy (non-hydrogen) atoms. The van der Waals surface area contributed by atoms with E-state index in [1.165, 1.54) is 0 Å². The van der Waals surface area contributed by atoms with Crippen LogP contribution in [0, 0.1) is 5.92 Å². The summed E-state index contributed by atoms with van der Waals surface area (Å²) < 4.78 is 5.59. The van der Waals surface area contributed by atoms with Gasteiger partial charge in [-0.05, 0) is 31.0 Å². The molecule has 0 atom stereocenters. The van der Waals surface area contributed by atoms with Gasteiger partial charge in [0.1, 0.15) is 11.3 Å². The monoisotopic (exact) mass is 279 g/mol. The van der Waals surface area contributed by atoms with Gasteiger partial charge >= 0.3 is 5.97 Å². The third-order valence-electron chi connectivity index (χ3n) is 3.06. The largest absolute Gasteiger partial charge is 0.493 e. The van der Waals surface area contributed by atoms with Gasteiger partial charge in [0.15, 0.2) is 0 Å². The van der Waals surface area contributed by atoms with Crippen molar-refractivity contribution in [2.75, 3.05) is 26.2 Å². The van der Waals surface area contributed by atoms with Crippen LogP contribution in [-0.2, 0) is 0 Å². The molecule has 0 aliphatic carbocycles. The third kappa shape index (κ3) is 5.61. The summed E-state index contributed by atoms with van der Waals surface area (Å²) in [7, 11) is 0. The minimum atomic E-state index is -0.949. The van der Waals surface area contributed by atoms with Crippen molar-refractivity contribution < 1.29 is 14.6 Å². The molecule has 1 aromatic rings. The number of ether oxygens (including phenoxy) is 1. The molecule has 112 valence electrons. The second-order valence-corrected chi connectivity index (χ2v) is 5.29. The summed E-state index contributed by atoms with van der Waals surface area (Å²) in [5.74, 6) is 0.158. The Labute approximate surface area is 121 Å². The molecule has 0 unspecified atom stereocenters. The number of hydrogen-bond donors (Lipinski definition) is 1. The lowest BCUT2D eigenvalue weighted by Gasteiger charge is -2.22. The molecular weight excluding hydrogens is 254 g/mol. The van der Waals surface area contributed by atoms with Gasteiger partial charge in [0, 0.05) is 13.1 Å². The Balaban J connectivity index is 2.39. The lowest BCUT2D eigenvalue weighted by molar-refractivity contribution is 0.0692. The van der Waals surface area contributed by atoms with Crippen molar-refractivity contribution in [3.8, 4) is 5.75 Å². The first-order valence-electron chi connectivity index (χ1n) is 7.22. The van der Waals surface area contributed by atoms with Crippen molar-refractivity contribution in [1.82, 2.24) is 4.90 Å². The quantitative estimate of drug-likeness (QED) is 0.706. The number of rotatable bonds is 9. The molecule has 0 aromatic heterocycles. The lowest BCUT2D eigenvalue weighted by Crippen LogP contribution is -2.29. The van der Waals surface area contributed by atoms with Crippen molar-refractivity contribution in [3.63, 3.8) is 0 Å². The van der Waals surface area contributed by atoms with Gasteiger partial charge in [-0.1, -0.05) is 32.9 Å². The number of aromatic carboxylic acids is 1. The molecular formula is C16H25NO3. The molecule has 0 amide bonds. The first-order chi connectivity index (χ1) is 9.54. The molecule has 4 heteroatoms. The maximum atomic E-state index is 11.0. The smallest absolute Gasteiger partial charge is 0.339 e. The molecule has 1 N–H and O–H groups in total. The number of benzene rings is 1. The van der Waals surface area contributed by atoms with Crippen LogP contribution in [0.4, 0.5) is 0 Å². The van der Waals surface area contributed by atoms with Gasteiger partial charge in [-0.3, -0.25) is 0 Å². The Morgan fingerprint density at radius 3 is 2.65 bits per heavy atom. The fraction of sp³-hybridized carbons (Fsp3) is 0.562. The molecule has 0 saturated carbocycles. The Bertz CT molecular complexity index is 418. The molecule has 0 saturated heterocycles. The second kappa shape index (κ2) is 8.59. The summed E-state index contributed by atoms with van der Waals surface area (Å²) in [5, 5.41) is 9.06. The number of nitrogens with zero attached hydrogens (tertiary/aromatic N) is 1. The summed E-state index contributed by atoms with van der Waals surface area (Å²) >= 11 is 0. The SMILES string of the molecule is CCN(CCCOc1ccccc1C(=O)O)CC(C)C. The van der Waals surface area contributed by atoms with Crippen molar-refractivity contribution in [2.45, 2.75) is 27.2 Å². The van der Waals surface area contributed by atoms with Crippen LogP contribution in [-0.4, -0.2) is 42.2 Å². The van der Waals surface area contributed by atoms with E-state index in [1.54, 1.807) is 24.3 Å². The van der Waals surface area contributed by atoms with E-state index in [2.05, 4.69) is 25.7 Å². The maximum Gasteiger partial charge on any atom is 0.339 e. The molecule has 0 fully saturated rings. The third-order valence-corrected chi connectivity index (χ3v) is 3.06. The number of carbonyl (C=O) groups is 1. The molecule has 0 radical (unpaired) electrons. The van der Waals surface area contributed by atoms with E-state index in [-0.39, 0.29) is 5.56 Å². The van der Waals surface area contributed by atoms with Crippen LogP contribution in [0.1, 0.15) is 37.6 Å². The van der Waals surface area contributed by atoms with E-state index < -0.39 is 5.97 Å². The normalized spacial score (nSPS) is 11.1. The highest BCUT2D eigenvalue weighted by Gasteiger charge is 2.10. The van der Waals surface area contributed by atoms with Gasteiger partial charge in [0.25, 0.3) is 0 Å².